The number of benzene rings is 1. The number of methoxy groups -OCH3 is 2. The highest BCUT2D eigenvalue weighted by atomic mass is 35.5. The molecule has 3 rings (SSSR count). The third-order valence-corrected chi connectivity index (χ3v) is 6.42. The molecule has 1 aliphatic heterocycles. The molecule has 2 heterocycles. The fraction of sp³-hybridized carbons (Fsp3) is 0.375. The number of carbonyl (C=O) groups is 2. The van der Waals surface area contributed by atoms with Crippen molar-refractivity contribution in [2.24, 2.45) is 4.99 Å². The van der Waals surface area contributed by atoms with Gasteiger partial charge >= 0.3 is 0 Å². The summed E-state index contributed by atoms with van der Waals surface area (Å²) in [7, 11) is 3.10. The van der Waals surface area contributed by atoms with Crippen LogP contribution in [0.3, 0.4) is 0 Å². The number of carbonyl (C=O) groups excluding carboxylic acids is 2. The molecule has 2 amide bonds. The Morgan fingerprint density at radius 2 is 1.88 bits per heavy atom. The summed E-state index contributed by atoms with van der Waals surface area (Å²) in [6.07, 6.45) is 0.789. The second-order valence-corrected chi connectivity index (χ2v) is 9.54. The van der Waals surface area contributed by atoms with E-state index in [1.165, 1.54) is 16.2 Å². The van der Waals surface area contributed by atoms with Crippen LogP contribution in [-0.4, -0.2) is 49.5 Å². The zero-order chi connectivity index (χ0) is 24.8. The van der Waals surface area contributed by atoms with E-state index in [4.69, 9.17) is 21.1 Å². The van der Waals surface area contributed by atoms with E-state index in [9.17, 15) is 9.59 Å². The Morgan fingerprint density at radius 1 is 1.15 bits per heavy atom. The highest BCUT2D eigenvalue weighted by molar-refractivity contribution is 7.17. The number of guanidine groups is 1. The standard InChI is InChI=1S/C24H28ClN4O4S/c1-6-16-23(19-9-10-20(25)34-19)28-24(26-16)27-21(30)13-29(14(2)3)22(31)12-15-7-8-17(32-4)18(11-15)33-5/h7-11,14H,6,12-13H2,1-5H3,(H,27,28,30). The van der Waals surface area contributed by atoms with Gasteiger partial charge in [-0.25, -0.2) is 10.3 Å². The summed E-state index contributed by atoms with van der Waals surface area (Å²) in [6.45, 7) is 5.60. The van der Waals surface area contributed by atoms with E-state index < -0.39 is 0 Å². The average molecular weight is 504 g/mol. The summed E-state index contributed by atoms with van der Waals surface area (Å²) in [6, 6.07) is 8.84. The van der Waals surface area contributed by atoms with Crippen molar-refractivity contribution in [2.75, 3.05) is 20.8 Å². The molecule has 1 radical (unpaired) electrons. The number of rotatable bonds is 9. The zero-order valence-electron chi connectivity index (χ0n) is 19.8. The van der Waals surface area contributed by atoms with E-state index in [0.717, 1.165) is 16.1 Å². The molecule has 0 spiro atoms. The second-order valence-electron chi connectivity index (χ2n) is 7.83. The predicted octanol–water partition coefficient (Wildman–Crippen LogP) is 4.07. The Bertz CT molecular complexity index is 1130. The van der Waals surface area contributed by atoms with Gasteiger partial charge < -0.3 is 14.4 Å². The van der Waals surface area contributed by atoms with Gasteiger partial charge in [0.1, 0.15) is 12.2 Å². The summed E-state index contributed by atoms with van der Waals surface area (Å²) in [5.74, 6) is 0.813. The molecule has 1 aromatic heterocycles. The number of ether oxygens (including phenoxy) is 2. The van der Waals surface area contributed by atoms with Crippen LogP contribution in [0, 0.1) is 0 Å². The van der Waals surface area contributed by atoms with Gasteiger partial charge in [-0.3, -0.25) is 14.9 Å². The van der Waals surface area contributed by atoms with Gasteiger partial charge in [-0.05, 0) is 50.1 Å². The smallest absolute Gasteiger partial charge is 0.246 e. The minimum absolute atomic E-state index is 0.111. The number of hydrogen-bond donors (Lipinski definition) is 1. The van der Waals surface area contributed by atoms with Crippen molar-refractivity contribution < 1.29 is 19.1 Å². The third kappa shape index (κ3) is 6.09. The Kier molecular flexibility index (Phi) is 8.57. The number of amides is 2. The number of thiophene rings is 1. The largest absolute Gasteiger partial charge is 0.493 e. The minimum atomic E-state index is -0.363. The Labute approximate surface area is 208 Å². The van der Waals surface area contributed by atoms with Crippen LogP contribution in [-0.2, 0) is 16.0 Å². The lowest BCUT2D eigenvalue weighted by atomic mass is 10.1. The van der Waals surface area contributed by atoms with Crippen molar-refractivity contribution in [1.82, 2.24) is 15.5 Å². The molecule has 0 saturated carbocycles. The molecule has 8 nitrogen and oxygen atoms in total. The molecular weight excluding hydrogens is 476 g/mol. The van der Waals surface area contributed by atoms with Gasteiger partial charge in [-0.15, -0.1) is 11.3 Å². The van der Waals surface area contributed by atoms with Gasteiger partial charge in [0.25, 0.3) is 0 Å². The van der Waals surface area contributed by atoms with Crippen molar-refractivity contribution in [3.05, 3.63) is 50.8 Å². The number of allylic oxidation sites excluding steroid dienone is 1. The first-order chi connectivity index (χ1) is 16.2. The monoisotopic (exact) mass is 503 g/mol. The van der Waals surface area contributed by atoms with Gasteiger partial charge in [0, 0.05) is 6.04 Å². The van der Waals surface area contributed by atoms with Crippen molar-refractivity contribution in [1.29, 1.82) is 0 Å². The first-order valence-corrected chi connectivity index (χ1v) is 12.0. The zero-order valence-corrected chi connectivity index (χ0v) is 21.4. The molecule has 181 valence electrons. The number of halogens is 1. The van der Waals surface area contributed by atoms with E-state index in [2.05, 4.69) is 15.6 Å². The molecule has 1 aromatic carbocycles. The molecule has 10 heteroatoms. The maximum atomic E-state index is 13.0. The molecule has 0 unspecified atom stereocenters. The molecule has 2 aromatic rings. The second kappa shape index (κ2) is 11.4. The normalized spacial score (nSPS) is 13.0. The van der Waals surface area contributed by atoms with Crippen LogP contribution in [0.1, 0.15) is 37.6 Å². The van der Waals surface area contributed by atoms with Crippen LogP contribution >= 0.6 is 22.9 Å². The molecule has 34 heavy (non-hydrogen) atoms. The first-order valence-electron chi connectivity index (χ1n) is 10.8. The fourth-order valence-corrected chi connectivity index (χ4v) is 4.52. The molecule has 1 N–H and O–H groups in total. The molecule has 0 bridgehead atoms. The minimum Gasteiger partial charge on any atom is -0.493 e. The van der Waals surface area contributed by atoms with E-state index >= 15 is 0 Å². The summed E-state index contributed by atoms with van der Waals surface area (Å²) < 4.78 is 11.2. The average Bonchev–Trinajstić information content (AvgIpc) is 3.42. The van der Waals surface area contributed by atoms with Gasteiger partial charge in [0.05, 0.1) is 35.6 Å². The Balaban J connectivity index is 1.65. The molecule has 0 aliphatic carbocycles. The van der Waals surface area contributed by atoms with E-state index in [1.807, 2.05) is 26.8 Å². The lowest BCUT2D eigenvalue weighted by molar-refractivity contribution is -0.136. The van der Waals surface area contributed by atoms with Crippen molar-refractivity contribution in [3.8, 4) is 11.5 Å². The van der Waals surface area contributed by atoms with Gasteiger partial charge in [0.15, 0.2) is 11.5 Å². The fourth-order valence-electron chi connectivity index (χ4n) is 3.46. The topological polar surface area (TPSA) is 94.3 Å². The molecule has 1 aliphatic rings. The van der Waals surface area contributed by atoms with Crippen LogP contribution in [0.25, 0.3) is 5.70 Å². The molecule has 0 saturated heterocycles. The SMILES string of the molecule is CCC1=C(c2ccc(Cl)s2)N=C(NC(=O)CN(C(=O)Cc2ccc(OC)c(OC)c2)C(C)C)[N]1. The third-order valence-electron chi connectivity index (χ3n) is 5.19. The molecular formula is C24H28ClN4O4S. The number of nitrogens with zero attached hydrogens (tertiary/aromatic N) is 3. The van der Waals surface area contributed by atoms with Crippen LogP contribution < -0.4 is 20.1 Å². The quantitative estimate of drug-likeness (QED) is 0.558. The summed E-state index contributed by atoms with van der Waals surface area (Å²) >= 11 is 7.46. The Morgan fingerprint density at radius 3 is 2.47 bits per heavy atom. The van der Waals surface area contributed by atoms with Crippen LogP contribution in [0.15, 0.2) is 41.0 Å². The number of hydrogen-bond acceptors (Lipinski definition) is 6. The van der Waals surface area contributed by atoms with E-state index in [-0.39, 0.29) is 36.8 Å². The lowest BCUT2D eigenvalue weighted by Gasteiger charge is -2.26. The van der Waals surface area contributed by atoms with Crippen molar-refractivity contribution in [2.45, 2.75) is 39.7 Å². The first kappa shape index (κ1) is 25.6. The van der Waals surface area contributed by atoms with Crippen molar-refractivity contribution in [3.63, 3.8) is 0 Å². The predicted molar refractivity (Wildman–Crippen MR) is 134 cm³/mol. The highest BCUT2D eigenvalue weighted by Gasteiger charge is 2.25. The summed E-state index contributed by atoms with van der Waals surface area (Å²) in [5.41, 5.74) is 2.25. The Hall–Kier alpha value is -3.04. The van der Waals surface area contributed by atoms with Gasteiger partial charge in [0.2, 0.25) is 17.8 Å². The van der Waals surface area contributed by atoms with E-state index in [1.54, 1.807) is 38.5 Å². The summed E-state index contributed by atoms with van der Waals surface area (Å²) in [5, 5.41) is 7.18. The van der Waals surface area contributed by atoms with Gasteiger partial charge in [-0.2, -0.15) is 0 Å². The van der Waals surface area contributed by atoms with Crippen LogP contribution in [0.2, 0.25) is 4.34 Å². The highest BCUT2D eigenvalue weighted by Crippen LogP contribution is 2.33. The van der Waals surface area contributed by atoms with Crippen molar-refractivity contribution >= 4 is 46.4 Å². The maximum absolute atomic E-state index is 13.0. The van der Waals surface area contributed by atoms with Gasteiger partial charge in [-0.1, -0.05) is 24.6 Å². The maximum Gasteiger partial charge on any atom is 0.246 e. The van der Waals surface area contributed by atoms with Crippen LogP contribution in [0.4, 0.5) is 0 Å². The van der Waals surface area contributed by atoms with E-state index in [0.29, 0.717) is 28.0 Å². The lowest BCUT2D eigenvalue weighted by Crippen LogP contribution is -2.47. The van der Waals surface area contributed by atoms with Crippen LogP contribution in [0.5, 0.6) is 11.5 Å². The molecule has 0 fully saturated rings. The number of aliphatic imine (C=N–C) groups is 1. The molecule has 0 atom stereocenters. The number of nitrogens with one attached hydrogen (secondary N) is 1. The summed E-state index contributed by atoms with van der Waals surface area (Å²) in [4.78, 5) is 32.7.